The smallest absolute Gasteiger partial charge is 0.410 e. The number of likely N-dealkylation sites (tertiary alicyclic amines) is 1. The standard InChI is InChI=1S/C29H30F2N4O4/c1-28(2,3)39-27(37)34-10-8-29(9-11-34)13-18(14-29)16-35-17-33-24-7-4-19(12-20(24)26(35)36)38-25-21(15-32)22(30)5-6-23(25)31/h4-7,12,17-18H,8-11,13-14,16H2,1-3H3. The molecule has 1 aromatic heterocycles. The zero-order chi connectivity index (χ0) is 27.9. The molecule has 0 N–H and O–H groups in total. The van der Waals surface area contributed by atoms with Gasteiger partial charge in [-0.15, -0.1) is 0 Å². The van der Waals surface area contributed by atoms with Gasteiger partial charge in [0.05, 0.1) is 17.2 Å². The number of carbonyl (C=O) groups is 1. The van der Waals surface area contributed by atoms with Crippen LogP contribution in [-0.4, -0.2) is 39.2 Å². The summed E-state index contributed by atoms with van der Waals surface area (Å²) >= 11 is 0. The van der Waals surface area contributed by atoms with Crippen LogP contribution in [0.25, 0.3) is 10.9 Å². The van der Waals surface area contributed by atoms with E-state index in [0.717, 1.165) is 37.8 Å². The van der Waals surface area contributed by atoms with Gasteiger partial charge < -0.3 is 14.4 Å². The third-order valence-corrected chi connectivity index (χ3v) is 7.56. The van der Waals surface area contributed by atoms with E-state index in [4.69, 9.17) is 9.47 Å². The van der Waals surface area contributed by atoms with Crippen LogP contribution in [-0.2, 0) is 11.3 Å². The van der Waals surface area contributed by atoms with Crippen molar-refractivity contribution < 1.29 is 23.0 Å². The molecule has 5 rings (SSSR count). The van der Waals surface area contributed by atoms with E-state index in [1.807, 2.05) is 20.8 Å². The van der Waals surface area contributed by atoms with Crippen molar-refractivity contribution in [2.75, 3.05) is 13.1 Å². The first-order valence-corrected chi connectivity index (χ1v) is 13.0. The fraction of sp³-hybridized carbons (Fsp3) is 0.448. The minimum atomic E-state index is -0.896. The Labute approximate surface area is 224 Å². The highest BCUT2D eigenvalue weighted by atomic mass is 19.1. The number of aromatic nitrogens is 2. The molecule has 2 aliphatic rings. The van der Waals surface area contributed by atoms with Crippen LogP contribution in [0, 0.1) is 34.3 Å². The zero-order valence-corrected chi connectivity index (χ0v) is 22.2. The lowest BCUT2D eigenvalue weighted by Gasteiger charge is -2.52. The molecule has 1 spiro atoms. The molecule has 10 heteroatoms. The molecule has 3 aromatic rings. The maximum atomic E-state index is 14.3. The highest BCUT2D eigenvalue weighted by Gasteiger charge is 2.46. The van der Waals surface area contributed by atoms with Crippen LogP contribution >= 0.6 is 0 Å². The molecule has 1 saturated heterocycles. The summed E-state index contributed by atoms with van der Waals surface area (Å²) in [6.45, 7) is 7.43. The van der Waals surface area contributed by atoms with Gasteiger partial charge in [-0.25, -0.2) is 18.6 Å². The fourth-order valence-electron chi connectivity index (χ4n) is 5.66. The van der Waals surface area contributed by atoms with Gasteiger partial charge in [0.2, 0.25) is 0 Å². The first-order valence-electron chi connectivity index (χ1n) is 13.0. The maximum absolute atomic E-state index is 14.3. The number of nitriles is 1. The van der Waals surface area contributed by atoms with Crippen LogP contribution in [0.3, 0.4) is 0 Å². The lowest BCUT2D eigenvalue weighted by Crippen LogP contribution is -2.50. The van der Waals surface area contributed by atoms with Crippen molar-refractivity contribution in [2.24, 2.45) is 11.3 Å². The number of hydrogen-bond donors (Lipinski definition) is 0. The Morgan fingerprint density at radius 1 is 1.15 bits per heavy atom. The molecule has 1 aliphatic carbocycles. The molecule has 0 atom stereocenters. The van der Waals surface area contributed by atoms with Gasteiger partial charge in [-0.05, 0) is 88.1 Å². The summed E-state index contributed by atoms with van der Waals surface area (Å²) in [4.78, 5) is 31.8. The number of nitrogens with zero attached hydrogens (tertiary/aromatic N) is 4. The van der Waals surface area contributed by atoms with Gasteiger partial charge in [0.25, 0.3) is 5.56 Å². The summed E-state index contributed by atoms with van der Waals surface area (Å²) in [6, 6.07) is 7.84. The second-order valence-electron chi connectivity index (χ2n) is 11.6. The van der Waals surface area contributed by atoms with Crippen molar-refractivity contribution >= 4 is 17.0 Å². The number of amides is 1. The van der Waals surface area contributed by atoms with Crippen LogP contribution in [0.2, 0.25) is 0 Å². The van der Waals surface area contributed by atoms with Crippen LogP contribution in [0.1, 0.15) is 52.0 Å². The lowest BCUT2D eigenvalue weighted by atomic mass is 9.57. The zero-order valence-electron chi connectivity index (χ0n) is 22.2. The summed E-state index contributed by atoms with van der Waals surface area (Å²) in [6.07, 6.45) is 5.03. The normalized spacial score (nSPS) is 17.1. The van der Waals surface area contributed by atoms with Crippen LogP contribution in [0.5, 0.6) is 11.5 Å². The highest BCUT2D eigenvalue weighted by Crippen LogP contribution is 2.53. The maximum Gasteiger partial charge on any atom is 0.410 e. The first kappa shape index (κ1) is 26.6. The van der Waals surface area contributed by atoms with Crippen LogP contribution in [0.15, 0.2) is 41.5 Å². The number of fused-ring (bicyclic) bond motifs is 1. The number of halogens is 2. The number of ether oxygens (including phenoxy) is 2. The Hall–Kier alpha value is -4.00. The fourth-order valence-corrected chi connectivity index (χ4v) is 5.66. The molecule has 0 unspecified atom stereocenters. The quantitative estimate of drug-likeness (QED) is 0.420. The van der Waals surface area contributed by atoms with E-state index in [1.165, 1.54) is 18.5 Å². The molecule has 1 saturated carbocycles. The van der Waals surface area contributed by atoms with Gasteiger partial charge in [0.15, 0.2) is 11.6 Å². The van der Waals surface area contributed by atoms with Gasteiger partial charge in [-0.2, -0.15) is 5.26 Å². The van der Waals surface area contributed by atoms with E-state index >= 15 is 0 Å². The van der Waals surface area contributed by atoms with Gasteiger partial charge in [0.1, 0.15) is 28.8 Å². The number of rotatable bonds is 4. The van der Waals surface area contributed by atoms with Gasteiger partial charge >= 0.3 is 6.09 Å². The molecule has 2 aromatic carbocycles. The first-order chi connectivity index (χ1) is 18.5. The second-order valence-corrected chi connectivity index (χ2v) is 11.6. The summed E-state index contributed by atoms with van der Waals surface area (Å²) in [7, 11) is 0. The summed E-state index contributed by atoms with van der Waals surface area (Å²) in [5.74, 6) is -1.90. The summed E-state index contributed by atoms with van der Waals surface area (Å²) in [5, 5.41) is 9.50. The van der Waals surface area contributed by atoms with Crippen molar-refractivity contribution in [1.82, 2.24) is 14.5 Å². The van der Waals surface area contributed by atoms with Crippen molar-refractivity contribution in [3.05, 3.63) is 64.2 Å². The molecule has 2 heterocycles. The van der Waals surface area contributed by atoms with E-state index in [1.54, 1.807) is 21.6 Å². The Morgan fingerprint density at radius 3 is 2.51 bits per heavy atom. The van der Waals surface area contributed by atoms with E-state index in [-0.39, 0.29) is 28.2 Å². The molecule has 0 radical (unpaired) electrons. The molecule has 204 valence electrons. The largest absolute Gasteiger partial charge is 0.453 e. The topological polar surface area (TPSA) is 97.4 Å². The van der Waals surface area contributed by atoms with Gasteiger partial charge in [-0.3, -0.25) is 9.36 Å². The predicted octanol–water partition coefficient (Wildman–Crippen LogP) is 5.77. The number of piperidine rings is 1. The Morgan fingerprint density at radius 2 is 1.85 bits per heavy atom. The molecule has 39 heavy (non-hydrogen) atoms. The molecule has 1 amide bonds. The minimum absolute atomic E-state index is 0.0968. The SMILES string of the molecule is CC(C)(C)OC(=O)N1CCC2(CC1)CC(Cn1cnc3ccc(Oc4c(F)ccc(F)c4C#N)cc3c1=O)C2. The average molecular weight is 537 g/mol. The van der Waals surface area contributed by atoms with Crippen molar-refractivity contribution in [2.45, 2.75) is 58.6 Å². The summed E-state index contributed by atoms with van der Waals surface area (Å²) in [5.41, 5.74) is -0.688. The Bertz CT molecular complexity index is 1520. The molecular formula is C29H30F2N4O4. The van der Waals surface area contributed by atoms with Crippen molar-refractivity contribution in [3.63, 3.8) is 0 Å². The molecule has 1 aliphatic heterocycles. The van der Waals surface area contributed by atoms with E-state index in [0.29, 0.717) is 31.1 Å². The third-order valence-electron chi connectivity index (χ3n) is 7.56. The average Bonchev–Trinajstić information content (AvgIpc) is 2.86. The number of carbonyl (C=O) groups excluding carboxylic acids is 1. The predicted molar refractivity (Wildman–Crippen MR) is 139 cm³/mol. The summed E-state index contributed by atoms with van der Waals surface area (Å²) < 4.78 is 40.8. The molecule has 8 nitrogen and oxygen atoms in total. The number of benzene rings is 2. The van der Waals surface area contributed by atoms with Crippen molar-refractivity contribution in [1.29, 1.82) is 5.26 Å². The second kappa shape index (κ2) is 9.95. The third kappa shape index (κ3) is 5.44. The van der Waals surface area contributed by atoms with Crippen LogP contribution in [0.4, 0.5) is 13.6 Å². The van der Waals surface area contributed by atoms with E-state index in [9.17, 15) is 23.6 Å². The molecule has 2 fully saturated rings. The molecule has 0 bridgehead atoms. The van der Waals surface area contributed by atoms with Crippen LogP contribution < -0.4 is 10.3 Å². The van der Waals surface area contributed by atoms with Crippen molar-refractivity contribution in [3.8, 4) is 17.6 Å². The monoisotopic (exact) mass is 536 g/mol. The molecular weight excluding hydrogens is 506 g/mol. The Kier molecular flexibility index (Phi) is 6.79. The van der Waals surface area contributed by atoms with E-state index in [2.05, 4.69) is 4.98 Å². The minimum Gasteiger partial charge on any atom is -0.453 e. The Balaban J connectivity index is 1.25. The highest BCUT2D eigenvalue weighted by molar-refractivity contribution is 5.79. The lowest BCUT2D eigenvalue weighted by molar-refractivity contribution is -0.0313. The number of hydrogen-bond acceptors (Lipinski definition) is 6. The van der Waals surface area contributed by atoms with Gasteiger partial charge in [-0.1, -0.05) is 0 Å². The van der Waals surface area contributed by atoms with E-state index < -0.39 is 28.5 Å². The van der Waals surface area contributed by atoms with Gasteiger partial charge in [0, 0.05) is 19.6 Å².